The van der Waals surface area contributed by atoms with E-state index in [1.54, 1.807) is 4.90 Å². The number of carbonyl (C=O) groups excluding carboxylic acids is 2. The monoisotopic (exact) mass is 415 g/mol. The number of benzene rings is 1. The minimum Gasteiger partial charge on any atom is -0.482 e. The molecule has 3 rings (SSSR count). The number of hydrogen-bond donors (Lipinski definition) is 1. The molecule has 0 unspecified atom stereocenters. The molecule has 1 aromatic rings. The van der Waals surface area contributed by atoms with E-state index in [0.717, 1.165) is 31.5 Å². The Hall–Kier alpha value is -2.08. The Morgan fingerprint density at radius 3 is 2.83 bits per heavy atom. The maximum absolute atomic E-state index is 12.6. The van der Waals surface area contributed by atoms with Crippen molar-refractivity contribution in [3.63, 3.8) is 0 Å². The van der Waals surface area contributed by atoms with Crippen LogP contribution in [0.1, 0.15) is 65.4 Å². The van der Waals surface area contributed by atoms with Crippen molar-refractivity contribution >= 4 is 17.5 Å². The Morgan fingerprint density at radius 2 is 2.10 bits per heavy atom. The van der Waals surface area contributed by atoms with Crippen LogP contribution in [0, 0.1) is 0 Å². The van der Waals surface area contributed by atoms with Gasteiger partial charge in [0.1, 0.15) is 12.3 Å². The molecule has 166 valence electrons. The molecular weight excluding hydrogens is 378 g/mol. The molecule has 0 spiro atoms. The lowest BCUT2D eigenvalue weighted by Crippen LogP contribution is -2.45. The number of rotatable bonds is 8. The first-order chi connectivity index (χ1) is 14.3. The van der Waals surface area contributed by atoms with E-state index in [2.05, 4.69) is 44.0 Å². The smallest absolute Gasteiger partial charge is 0.265 e. The lowest BCUT2D eigenvalue weighted by atomic mass is 9.82. The number of fused-ring (bicyclic) bond motifs is 1. The summed E-state index contributed by atoms with van der Waals surface area (Å²) < 4.78 is 5.60. The summed E-state index contributed by atoms with van der Waals surface area (Å²) in [6.45, 7) is 11.6. The van der Waals surface area contributed by atoms with Crippen molar-refractivity contribution in [2.75, 3.05) is 37.7 Å². The topological polar surface area (TPSA) is 61.9 Å². The molecule has 0 saturated carbocycles. The highest BCUT2D eigenvalue weighted by atomic mass is 16.5. The van der Waals surface area contributed by atoms with Crippen LogP contribution in [0.4, 0.5) is 5.69 Å². The van der Waals surface area contributed by atoms with Crippen LogP contribution in [0.2, 0.25) is 0 Å². The van der Waals surface area contributed by atoms with Crippen molar-refractivity contribution in [1.82, 2.24) is 10.2 Å². The van der Waals surface area contributed by atoms with Gasteiger partial charge in [-0.15, -0.1) is 0 Å². The quantitative estimate of drug-likeness (QED) is 0.661. The first-order valence-corrected chi connectivity index (χ1v) is 11.4. The van der Waals surface area contributed by atoms with Crippen molar-refractivity contribution < 1.29 is 14.3 Å². The van der Waals surface area contributed by atoms with Gasteiger partial charge in [0.05, 0.1) is 5.69 Å². The maximum Gasteiger partial charge on any atom is 0.265 e. The second-order valence-electron chi connectivity index (χ2n) is 9.27. The third-order valence-electron chi connectivity index (χ3n) is 6.75. The van der Waals surface area contributed by atoms with Crippen LogP contribution in [0.15, 0.2) is 18.2 Å². The van der Waals surface area contributed by atoms with Crippen LogP contribution >= 0.6 is 0 Å². The third kappa shape index (κ3) is 5.34. The van der Waals surface area contributed by atoms with Crippen LogP contribution in [-0.2, 0) is 15.0 Å². The highest BCUT2D eigenvalue weighted by Crippen LogP contribution is 2.37. The molecule has 0 bridgehead atoms. The lowest BCUT2D eigenvalue weighted by Gasteiger charge is -2.33. The lowest BCUT2D eigenvalue weighted by molar-refractivity contribution is -0.125. The minimum absolute atomic E-state index is 0.00492. The minimum atomic E-state index is -0.175. The molecule has 2 amide bonds. The van der Waals surface area contributed by atoms with Gasteiger partial charge in [0.2, 0.25) is 5.91 Å². The molecular formula is C24H37N3O3. The molecule has 1 N–H and O–H groups in total. The van der Waals surface area contributed by atoms with Crippen molar-refractivity contribution in [2.45, 2.75) is 71.3 Å². The number of amides is 2. The fourth-order valence-electron chi connectivity index (χ4n) is 4.20. The van der Waals surface area contributed by atoms with Crippen molar-refractivity contribution in [2.24, 2.45) is 0 Å². The van der Waals surface area contributed by atoms with Crippen LogP contribution < -0.4 is 15.0 Å². The summed E-state index contributed by atoms with van der Waals surface area (Å²) in [6.07, 6.45) is 5.77. The molecule has 30 heavy (non-hydrogen) atoms. The molecule has 2 aliphatic heterocycles. The Bertz CT molecular complexity index is 762. The van der Waals surface area contributed by atoms with Gasteiger partial charge in [-0.1, -0.05) is 33.3 Å². The predicted molar refractivity (Wildman–Crippen MR) is 120 cm³/mol. The van der Waals surface area contributed by atoms with Gasteiger partial charge in [-0.2, -0.15) is 0 Å². The van der Waals surface area contributed by atoms with Gasteiger partial charge in [-0.3, -0.25) is 14.5 Å². The summed E-state index contributed by atoms with van der Waals surface area (Å²) in [4.78, 5) is 29.1. The molecule has 6 heteroatoms. The molecule has 1 atom stereocenters. The standard InChI is InChI=1S/C24H37N3O3/c1-5-24(3,4)19-10-11-21-20(15-19)27(23(29)17-30-21)16-22(28)25-12-8-14-26-13-7-6-9-18(26)2/h10-11,15,18H,5-9,12-14,16-17H2,1-4H3,(H,25,28)/t18-/m0/s1. The summed E-state index contributed by atoms with van der Waals surface area (Å²) in [5.41, 5.74) is 1.83. The second-order valence-corrected chi connectivity index (χ2v) is 9.27. The van der Waals surface area contributed by atoms with Gasteiger partial charge >= 0.3 is 0 Å². The molecule has 0 aromatic heterocycles. The molecule has 1 fully saturated rings. The largest absolute Gasteiger partial charge is 0.482 e. The fourth-order valence-corrected chi connectivity index (χ4v) is 4.20. The summed E-state index contributed by atoms with van der Waals surface area (Å²) in [6, 6.07) is 6.61. The number of piperidine rings is 1. The van der Waals surface area contributed by atoms with Gasteiger partial charge in [0.15, 0.2) is 6.61 Å². The van der Waals surface area contributed by atoms with E-state index in [1.165, 1.54) is 19.3 Å². The van der Waals surface area contributed by atoms with E-state index in [1.807, 2.05) is 12.1 Å². The SMILES string of the molecule is CCC(C)(C)c1ccc2c(c1)N(CC(=O)NCCCN1CCCC[C@@H]1C)C(=O)CO2. The normalized spacial score (nSPS) is 19.9. The predicted octanol–water partition coefficient (Wildman–Crippen LogP) is 3.48. The third-order valence-corrected chi connectivity index (χ3v) is 6.75. The number of anilines is 1. The van der Waals surface area contributed by atoms with Crippen LogP contribution in [0.3, 0.4) is 0 Å². The maximum atomic E-state index is 12.6. The summed E-state index contributed by atoms with van der Waals surface area (Å²) in [7, 11) is 0. The molecule has 0 radical (unpaired) electrons. The fraction of sp³-hybridized carbons (Fsp3) is 0.667. The summed E-state index contributed by atoms with van der Waals surface area (Å²) >= 11 is 0. The van der Waals surface area contributed by atoms with Crippen molar-refractivity contribution in [3.05, 3.63) is 23.8 Å². The van der Waals surface area contributed by atoms with Crippen LogP contribution in [0.5, 0.6) is 5.75 Å². The van der Waals surface area contributed by atoms with E-state index in [-0.39, 0.29) is 30.4 Å². The van der Waals surface area contributed by atoms with Crippen LogP contribution in [-0.4, -0.2) is 55.5 Å². The van der Waals surface area contributed by atoms with Gasteiger partial charge < -0.3 is 15.0 Å². The number of nitrogens with one attached hydrogen (secondary N) is 1. The summed E-state index contributed by atoms with van der Waals surface area (Å²) in [5, 5.41) is 2.99. The highest BCUT2D eigenvalue weighted by Gasteiger charge is 2.29. The van der Waals surface area contributed by atoms with Gasteiger partial charge in [-0.05, 0) is 62.3 Å². The molecule has 1 saturated heterocycles. The number of nitrogens with zero attached hydrogens (tertiary/aromatic N) is 2. The van der Waals surface area contributed by atoms with E-state index < -0.39 is 0 Å². The first-order valence-electron chi connectivity index (χ1n) is 11.4. The zero-order chi connectivity index (χ0) is 21.7. The zero-order valence-corrected chi connectivity index (χ0v) is 19.0. The van der Waals surface area contributed by atoms with Crippen molar-refractivity contribution in [1.29, 1.82) is 0 Å². The number of ether oxygens (including phenoxy) is 1. The number of hydrogen-bond acceptors (Lipinski definition) is 4. The van der Waals surface area contributed by atoms with E-state index in [9.17, 15) is 9.59 Å². The highest BCUT2D eigenvalue weighted by molar-refractivity contribution is 6.02. The molecule has 6 nitrogen and oxygen atoms in total. The Morgan fingerprint density at radius 1 is 1.30 bits per heavy atom. The van der Waals surface area contributed by atoms with Gasteiger partial charge in [0, 0.05) is 19.1 Å². The number of likely N-dealkylation sites (tertiary alicyclic amines) is 1. The van der Waals surface area contributed by atoms with Crippen LogP contribution in [0.25, 0.3) is 0 Å². The number of carbonyl (C=O) groups is 2. The average molecular weight is 416 g/mol. The second kappa shape index (κ2) is 9.82. The van der Waals surface area contributed by atoms with Crippen molar-refractivity contribution in [3.8, 4) is 5.75 Å². The van der Waals surface area contributed by atoms with E-state index in [4.69, 9.17) is 4.74 Å². The summed E-state index contributed by atoms with van der Waals surface area (Å²) in [5.74, 6) is 0.367. The Kier molecular flexibility index (Phi) is 7.40. The Labute approximate surface area is 180 Å². The van der Waals surface area contributed by atoms with E-state index in [0.29, 0.717) is 24.0 Å². The molecule has 2 aliphatic rings. The Balaban J connectivity index is 1.57. The molecule has 1 aromatic carbocycles. The molecule has 2 heterocycles. The molecule has 0 aliphatic carbocycles. The van der Waals surface area contributed by atoms with E-state index >= 15 is 0 Å². The zero-order valence-electron chi connectivity index (χ0n) is 19.0. The van der Waals surface area contributed by atoms with Gasteiger partial charge in [0.25, 0.3) is 5.91 Å². The first kappa shape index (κ1) is 22.6. The van der Waals surface area contributed by atoms with Gasteiger partial charge in [-0.25, -0.2) is 0 Å². The average Bonchev–Trinajstić information content (AvgIpc) is 2.74.